The van der Waals surface area contributed by atoms with Crippen molar-refractivity contribution in [3.05, 3.63) is 53.1 Å². The topological polar surface area (TPSA) is 84.5 Å². The van der Waals surface area contributed by atoms with Crippen LogP contribution in [0.25, 0.3) is 0 Å². The van der Waals surface area contributed by atoms with Crippen molar-refractivity contribution in [3.8, 4) is 5.75 Å². The number of nitrogens with one attached hydrogen (secondary N) is 2. The fraction of sp³-hybridized carbons (Fsp3) is 0.435. The van der Waals surface area contributed by atoms with Gasteiger partial charge in [-0.3, -0.25) is 4.79 Å². The van der Waals surface area contributed by atoms with Gasteiger partial charge in [0.05, 0.1) is 4.90 Å². The minimum atomic E-state index is -3.55. The molecule has 1 amide bonds. The average molecular weight is 431 g/mol. The van der Waals surface area contributed by atoms with E-state index in [1.165, 1.54) is 18.6 Å². The quantitative estimate of drug-likeness (QED) is 0.688. The van der Waals surface area contributed by atoms with Crippen molar-refractivity contribution in [1.82, 2.24) is 4.72 Å². The zero-order chi connectivity index (χ0) is 21.7. The maximum absolute atomic E-state index is 12.6. The van der Waals surface area contributed by atoms with Gasteiger partial charge in [-0.05, 0) is 69.0 Å². The van der Waals surface area contributed by atoms with Gasteiger partial charge in [0.1, 0.15) is 5.75 Å². The molecular weight excluding hydrogens is 400 g/mol. The second-order valence-electron chi connectivity index (χ2n) is 8.04. The number of rotatable bonds is 7. The molecule has 7 heteroatoms. The summed E-state index contributed by atoms with van der Waals surface area (Å²) >= 11 is 0. The van der Waals surface area contributed by atoms with Gasteiger partial charge in [-0.1, -0.05) is 37.0 Å². The summed E-state index contributed by atoms with van der Waals surface area (Å²) in [5.41, 5.74) is 3.94. The smallest absolute Gasteiger partial charge is 0.262 e. The molecule has 0 unspecified atom stereocenters. The van der Waals surface area contributed by atoms with E-state index in [2.05, 4.69) is 10.0 Å². The van der Waals surface area contributed by atoms with Crippen molar-refractivity contribution in [2.24, 2.45) is 0 Å². The van der Waals surface area contributed by atoms with Crippen molar-refractivity contribution in [2.75, 3.05) is 11.9 Å². The molecule has 1 saturated carbocycles. The lowest BCUT2D eigenvalue weighted by Crippen LogP contribution is -2.36. The summed E-state index contributed by atoms with van der Waals surface area (Å²) in [6, 6.07) is 10.2. The molecule has 162 valence electrons. The van der Waals surface area contributed by atoms with E-state index >= 15 is 0 Å². The van der Waals surface area contributed by atoms with Crippen LogP contribution in [-0.4, -0.2) is 27.0 Å². The summed E-state index contributed by atoms with van der Waals surface area (Å²) in [6.07, 6.45) is 5.05. The molecule has 1 aliphatic carbocycles. The first-order chi connectivity index (χ1) is 14.2. The normalized spacial score (nSPS) is 15.0. The number of carbonyl (C=O) groups excluding carboxylic acids is 1. The Morgan fingerprint density at radius 3 is 2.20 bits per heavy atom. The van der Waals surface area contributed by atoms with E-state index in [-0.39, 0.29) is 23.5 Å². The van der Waals surface area contributed by atoms with Gasteiger partial charge in [0.15, 0.2) is 6.61 Å². The van der Waals surface area contributed by atoms with Crippen LogP contribution < -0.4 is 14.8 Å². The summed E-state index contributed by atoms with van der Waals surface area (Å²) in [7, 11) is -3.55. The molecule has 0 radical (unpaired) electrons. The highest BCUT2D eigenvalue weighted by Gasteiger charge is 2.21. The summed E-state index contributed by atoms with van der Waals surface area (Å²) in [5, 5.41) is 2.89. The highest BCUT2D eigenvalue weighted by atomic mass is 32.2. The molecule has 2 aromatic carbocycles. The lowest BCUT2D eigenvalue weighted by atomic mass is 9.96. The second-order valence-corrected chi connectivity index (χ2v) is 9.75. The minimum Gasteiger partial charge on any atom is -0.484 e. The van der Waals surface area contributed by atoms with E-state index in [0.717, 1.165) is 48.1 Å². The summed E-state index contributed by atoms with van der Waals surface area (Å²) < 4.78 is 33.4. The van der Waals surface area contributed by atoms with E-state index in [1.807, 2.05) is 32.9 Å². The molecule has 0 aromatic heterocycles. The van der Waals surface area contributed by atoms with Crippen molar-refractivity contribution >= 4 is 21.6 Å². The number of hydrogen-bond acceptors (Lipinski definition) is 4. The number of anilines is 1. The van der Waals surface area contributed by atoms with Crippen LogP contribution in [0.4, 0.5) is 5.69 Å². The molecule has 0 spiro atoms. The third-order valence-electron chi connectivity index (χ3n) is 5.37. The Morgan fingerprint density at radius 2 is 1.60 bits per heavy atom. The second kappa shape index (κ2) is 9.62. The van der Waals surface area contributed by atoms with E-state index in [4.69, 9.17) is 4.74 Å². The number of amides is 1. The average Bonchev–Trinajstić information content (AvgIpc) is 2.70. The van der Waals surface area contributed by atoms with E-state index < -0.39 is 10.0 Å². The Morgan fingerprint density at radius 1 is 1.00 bits per heavy atom. The standard InChI is InChI=1S/C23H30N2O4S/c1-16-13-17(2)23(18(3)14-16)24-22(26)15-29-20-9-11-21(12-10-20)30(27,28)25-19-7-5-4-6-8-19/h9-14,19,25H,4-8,15H2,1-3H3,(H,24,26). The van der Waals surface area contributed by atoms with Crippen LogP contribution in [0.3, 0.4) is 0 Å². The largest absolute Gasteiger partial charge is 0.484 e. The molecule has 2 N–H and O–H groups in total. The molecule has 0 atom stereocenters. The number of carbonyl (C=O) groups is 1. The molecular formula is C23H30N2O4S. The van der Waals surface area contributed by atoms with Gasteiger partial charge in [-0.2, -0.15) is 0 Å². The van der Waals surface area contributed by atoms with Crippen molar-refractivity contribution in [2.45, 2.75) is 63.8 Å². The zero-order valence-corrected chi connectivity index (χ0v) is 18.6. The van der Waals surface area contributed by atoms with Crippen molar-refractivity contribution in [3.63, 3.8) is 0 Å². The SMILES string of the molecule is Cc1cc(C)c(NC(=O)COc2ccc(S(=O)(=O)NC3CCCCC3)cc2)c(C)c1. The maximum atomic E-state index is 12.6. The van der Waals surface area contributed by atoms with Gasteiger partial charge >= 0.3 is 0 Å². The first-order valence-corrected chi connectivity index (χ1v) is 11.9. The molecule has 3 rings (SSSR count). The molecule has 2 aromatic rings. The number of benzene rings is 2. The van der Waals surface area contributed by atoms with Gasteiger partial charge in [0.2, 0.25) is 10.0 Å². The Kier molecular flexibility index (Phi) is 7.15. The molecule has 1 fully saturated rings. The fourth-order valence-electron chi connectivity index (χ4n) is 3.92. The van der Waals surface area contributed by atoms with E-state index in [1.54, 1.807) is 12.1 Å². The molecule has 6 nitrogen and oxygen atoms in total. The third kappa shape index (κ3) is 5.83. The van der Waals surface area contributed by atoms with Crippen LogP contribution in [0, 0.1) is 20.8 Å². The zero-order valence-electron chi connectivity index (χ0n) is 17.8. The summed E-state index contributed by atoms with van der Waals surface area (Å²) in [5.74, 6) is 0.180. The van der Waals surface area contributed by atoms with Crippen molar-refractivity contribution in [1.29, 1.82) is 0 Å². The molecule has 0 bridgehead atoms. The van der Waals surface area contributed by atoms with E-state index in [9.17, 15) is 13.2 Å². The first kappa shape index (κ1) is 22.3. The Balaban J connectivity index is 1.56. The van der Waals surface area contributed by atoms with Gasteiger partial charge in [0, 0.05) is 11.7 Å². The Labute approximate surface area is 179 Å². The van der Waals surface area contributed by atoms with E-state index in [0.29, 0.717) is 5.75 Å². The lowest BCUT2D eigenvalue weighted by Gasteiger charge is -2.22. The highest BCUT2D eigenvalue weighted by Crippen LogP contribution is 2.23. The highest BCUT2D eigenvalue weighted by molar-refractivity contribution is 7.89. The minimum absolute atomic E-state index is 0.0112. The number of ether oxygens (including phenoxy) is 1. The first-order valence-electron chi connectivity index (χ1n) is 10.4. The van der Waals surface area contributed by atoms with Gasteiger partial charge in [0.25, 0.3) is 5.91 Å². The third-order valence-corrected chi connectivity index (χ3v) is 6.91. The Bertz CT molecular complexity index is 971. The molecule has 1 aliphatic rings. The van der Waals surface area contributed by atoms with Gasteiger partial charge < -0.3 is 10.1 Å². The summed E-state index contributed by atoms with van der Waals surface area (Å²) in [6.45, 7) is 5.77. The molecule has 0 heterocycles. The molecule has 0 saturated heterocycles. The van der Waals surface area contributed by atoms with Crippen LogP contribution in [0.1, 0.15) is 48.8 Å². The van der Waals surface area contributed by atoms with Gasteiger partial charge in [-0.25, -0.2) is 13.1 Å². The van der Waals surface area contributed by atoms with Crippen LogP contribution in [0.2, 0.25) is 0 Å². The van der Waals surface area contributed by atoms with Crippen LogP contribution in [0.5, 0.6) is 5.75 Å². The number of sulfonamides is 1. The molecule has 0 aliphatic heterocycles. The number of hydrogen-bond donors (Lipinski definition) is 2. The monoisotopic (exact) mass is 430 g/mol. The number of aryl methyl sites for hydroxylation is 3. The predicted octanol–water partition coefficient (Wildman–Crippen LogP) is 4.24. The summed E-state index contributed by atoms with van der Waals surface area (Å²) in [4.78, 5) is 12.5. The molecule has 30 heavy (non-hydrogen) atoms. The van der Waals surface area contributed by atoms with Crippen LogP contribution >= 0.6 is 0 Å². The lowest BCUT2D eigenvalue weighted by molar-refractivity contribution is -0.118. The maximum Gasteiger partial charge on any atom is 0.262 e. The predicted molar refractivity (Wildman–Crippen MR) is 118 cm³/mol. The Hall–Kier alpha value is -2.38. The fourth-order valence-corrected chi connectivity index (χ4v) is 5.23. The van der Waals surface area contributed by atoms with Crippen LogP contribution in [0.15, 0.2) is 41.3 Å². The van der Waals surface area contributed by atoms with Gasteiger partial charge in [-0.15, -0.1) is 0 Å². The van der Waals surface area contributed by atoms with Crippen LogP contribution in [-0.2, 0) is 14.8 Å². The van der Waals surface area contributed by atoms with Crippen molar-refractivity contribution < 1.29 is 17.9 Å².